The number of hydrogen-bond donors (Lipinski definition) is 1. The van der Waals surface area contributed by atoms with Crippen LogP contribution in [0.1, 0.15) is 26.7 Å². The Kier molecular flexibility index (Phi) is 5.80. The van der Waals surface area contributed by atoms with E-state index in [0.717, 1.165) is 19.6 Å². The number of nitrogens with zero attached hydrogens (tertiary/aromatic N) is 1. The van der Waals surface area contributed by atoms with Crippen molar-refractivity contribution in [2.24, 2.45) is 0 Å². The van der Waals surface area contributed by atoms with E-state index in [2.05, 4.69) is 24.1 Å². The first-order valence-electron chi connectivity index (χ1n) is 7.51. The Bertz CT molecular complexity index is 405. The molecule has 1 aliphatic heterocycles. The Labute approximate surface area is 121 Å². The Morgan fingerprint density at radius 3 is 2.85 bits per heavy atom. The molecule has 1 aliphatic rings. The summed E-state index contributed by atoms with van der Waals surface area (Å²) in [5, 5.41) is 3.52. The lowest BCUT2D eigenvalue weighted by atomic mass is 10.2. The third kappa shape index (κ3) is 4.46. The summed E-state index contributed by atoms with van der Waals surface area (Å²) in [6.07, 6.45) is 2.51. The first-order valence-corrected chi connectivity index (χ1v) is 7.51. The monoisotopic (exact) mass is 280 g/mol. The molecule has 112 valence electrons. The predicted molar refractivity (Wildman–Crippen MR) is 79.6 cm³/mol. The largest absolute Gasteiger partial charge is 0.489 e. The first-order chi connectivity index (χ1) is 9.66. The molecule has 1 atom stereocenters. The van der Waals surface area contributed by atoms with Crippen molar-refractivity contribution in [3.05, 3.63) is 30.1 Å². The van der Waals surface area contributed by atoms with E-state index in [1.54, 1.807) is 18.2 Å². The fraction of sp³-hybridized carbons (Fsp3) is 0.625. The van der Waals surface area contributed by atoms with Crippen LogP contribution in [0.3, 0.4) is 0 Å². The lowest BCUT2D eigenvalue weighted by molar-refractivity contribution is 0.161. The fourth-order valence-electron chi connectivity index (χ4n) is 2.59. The maximum absolute atomic E-state index is 13.5. The second-order valence-corrected chi connectivity index (χ2v) is 5.66. The quantitative estimate of drug-likeness (QED) is 0.831. The van der Waals surface area contributed by atoms with Crippen LogP contribution in [0, 0.1) is 5.82 Å². The molecule has 0 aromatic heterocycles. The van der Waals surface area contributed by atoms with E-state index < -0.39 is 0 Å². The third-order valence-electron chi connectivity index (χ3n) is 3.82. The Balaban J connectivity index is 1.78. The second-order valence-electron chi connectivity index (χ2n) is 5.66. The lowest BCUT2D eigenvalue weighted by Crippen LogP contribution is -2.43. The van der Waals surface area contributed by atoms with Gasteiger partial charge >= 0.3 is 0 Å². The number of para-hydroxylation sites is 1. The minimum absolute atomic E-state index is 0.291. The van der Waals surface area contributed by atoms with Crippen molar-refractivity contribution < 1.29 is 9.13 Å². The number of nitrogens with one attached hydrogen (secondary N) is 1. The summed E-state index contributed by atoms with van der Waals surface area (Å²) in [5.74, 6) is 0.0521. The van der Waals surface area contributed by atoms with Gasteiger partial charge in [-0.25, -0.2) is 4.39 Å². The van der Waals surface area contributed by atoms with Gasteiger partial charge in [0.2, 0.25) is 0 Å². The molecular formula is C16H25FN2O. The van der Waals surface area contributed by atoms with E-state index >= 15 is 0 Å². The Hall–Kier alpha value is -1.13. The molecule has 0 saturated carbocycles. The van der Waals surface area contributed by atoms with Crippen LogP contribution in [0.25, 0.3) is 0 Å². The van der Waals surface area contributed by atoms with Crippen LogP contribution >= 0.6 is 0 Å². The van der Waals surface area contributed by atoms with Crippen LogP contribution in [0.15, 0.2) is 24.3 Å². The highest BCUT2D eigenvalue weighted by atomic mass is 19.1. The highest BCUT2D eigenvalue weighted by Crippen LogP contribution is 2.15. The maximum atomic E-state index is 13.5. The standard InChI is InChI=1S/C16H25FN2O/c1-13(2)19(12-14-6-5-9-18-14)10-11-20-16-8-4-3-7-15(16)17/h3-4,7-8,13-14,18H,5-6,9-12H2,1-2H3. The molecule has 1 aromatic carbocycles. The van der Waals surface area contributed by atoms with Crippen molar-refractivity contribution in [3.63, 3.8) is 0 Å². The zero-order chi connectivity index (χ0) is 14.4. The van der Waals surface area contributed by atoms with E-state index in [4.69, 9.17) is 4.74 Å². The van der Waals surface area contributed by atoms with Gasteiger partial charge in [0.05, 0.1) is 0 Å². The summed E-state index contributed by atoms with van der Waals surface area (Å²) < 4.78 is 19.0. The van der Waals surface area contributed by atoms with Crippen LogP contribution in [-0.4, -0.2) is 43.2 Å². The summed E-state index contributed by atoms with van der Waals surface area (Å²) in [5.41, 5.74) is 0. The van der Waals surface area contributed by atoms with Crippen molar-refractivity contribution in [2.75, 3.05) is 26.2 Å². The summed E-state index contributed by atoms with van der Waals surface area (Å²) in [7, 11) is 0. The van der Waals surface area contributed by atoms with Gasteiger partial charge in [0.1, 0.15) is 6.61 Å². The molecule has 1 fully saturated rings. The number of halogens is 1. The van der Waals surface area contributed by atoms with Gasteiger partial charge in [-0.2, -0.15) is 0 Å². The maximum Gasteiger partial charge on any atom is 0.165 e. The zero-order valence-electron chi connectivity index (χ0n) is 12.4. The lowest BCUT2D eigenvalue weighted by Gasteiger charge is -2.29. The number of benzene rings is 1. The van der Waals surface area contributed by atoms with E-state index in [1.165, 1.54) is 18.9 Å². The number of ether oxygens (including phenoxy) is 1. The van der Waals surface area contributed by atoms with Crippen LogP contribution in [0.4, 0.5) is 4.39 Å². The first kappa shape index (κ1) is 15.3. The number of hydrogen-bond acceptors (Lipinski definition) is 3. The molecule has 0 amide bonds. The van der Waals surface area contributed by atoms with Crippen molar-refractivity contribution in [1.29, 1.82) is 0 Å². The average molecular weight is 280 g/mol. The minimum atomic E-state index is -0.291. The predicted octanol–water partition coefficient (Wildman–Crippen LogP) is 2.67. The average Bonchev–Trinajstić information content (AvgIpc) is 2.92. The van der Waals surface area contributed by atoms with Gasteiger partial charge in [-0.3, -0.25) is 4.90 Å². The second kappa shape index (κ2) is 7.60. The van der Waals surface area contributed by atoms with Crippen LogP contribution < -0.4 is 10.1 Å². The minimum Gasteiger partial charge on any atom is -0.489 e. The molecule has 20 heavy (non-hydrogen) atoms. The third-order valence-corrected chi connectivity index (χ3v) is 3.82. The molecule has 1 unspecified atom stereocenters. The molecule has 2 rings (SSSR count). The van der Waals surface area contributed by atoms with Gasteiger partial charge in [-0.15, -0.1) is 0 Å². The zero-order valence-corrected chi connectivity index (χ0v) is 12.4. The van der Waals surface area contributed by atoms with Gasteiger partial charge in [0, 0.05) is 25.2 Å². The molecule has 0 aliphatic carbocycles. The van der Waals surface area contributed by atoms with Crippen LogP contribution in [-0.2, 0) is 0 Å². The highest BCUT2D eigenvalue weighted by molar-refractivity contribution is 5.23. The normalized spacial score (nSPS) is 18.9. The van der Waals surface area contributed by atoms with E-state index in [-0.39, 0.29) is 5.82 Å². The van der Waals surface area contributed by atoms with Crippen molar-refractivity contribution in [1.82, 2.24) is 10.2 Å². The van der Waals surface area contributed by atoms with Gasteiger partial charge in [0.15, 0.2) is 11.6 Å². The van der Waals surface area contributed by atoms with E-state index in [1.807, 2.05) is 0 Å². The SMILES string of the molecule is CC(C)N(CCOc1ccccc1F)CC1CCCN1. The Morgan fingerprint density at radius 1 is 1.40 bits per heavy atom. The molecule has 3 nitrogen and oxygen atoms in total. The summed E-state index contributed by atoms with van der Waals surface area (Å²) in [6, 6.07) is 7.63. The smallest absolute Gasteiger partial charge is 0.165 e. The van der Waals surface area contributed by atoms with E-state index in [9.17, 15) is 4.39 Å². The topological polar surface area (TPSA) is 24.5 Å². The molecule has 1 N–H and O–H groups in total. The molecule has 0 radical (unpaired) electrons. The molecule has 1 heterocycles. The molecule has 1 saturated heterocycles. The van der Waals surface area contributed by atoms with Gasteiger partial charge in [0.25, 0.3) is 0 Å². The molecule has 0 bridgehead atoms. The molecule has 1 aromatic rings. The van der Waals surface area contributed by atoms with E-state index in [0.29, 0.717) is 24.4 Å². The van der Waals surface area contributed by atoms with Crippen molar-refractivity contribution in [3.8, 4) is 5.75 Å². The molecular weight excluding hydrogens is 255 g/mol. The summed E-state index contributed by atoms with van der Waals surface area (Å²) in [6.45, 7) is 7.90. The fourth-order valence-corrected chi connectivity index (χ4v) is 2.59. The number of rotatable bonds is 7. The van der Waals surface area contributed by atoms with Gasteiger partial charge < -0.3 is 10.1 Å². The summed E-state index contributed by atoms with van der Waals surface area (Å²) >= 11 is 0. The Morgan fingerprint density at radius 2 is 2.20 bits per heavy atom. The molecule has 4 heteroatoms. The van der Waals surface area contributed by atoms with Crippen molar-refractivity contribution in [2.45, 2.75) is 38.8 Å². The molecule has 0 spiro atoms. The van der Waals surface area contributed by atoms with Crippen LogP contribution in [0.5, 0.6) is 5.75 Å². The van der Waals surface area contributed by atoms with Gasteiger partial charge in [-0.05, 0) is 45.4 Å². The van der Waals surface area contributed by atoms with Gasteiger partial charge in [-0.1, -0.05) is 12.1 Å². The van der Waals surface area contributed by atoms with Crippen molar-refractivity contribution >= 4 is 0 Å². The summed E-state index contributed by atoms with van der Waals surface area (Å²) in [4.78, 5) is 2.39. The highest BCUT2D eigenvalue weighted by Gasteiger charge is 2.19. The van der Waals surface area contributed by atoms with Crippen LogP contribution in [0.2, 0.25) is 0 Å².